The summed E-state index contributed by atoms with van der Waals surface area (Å²) in [5.41, 5.74) is 3.29. The predicted octanol–water partition coefficient (Wildman–Crippen LogP) is 5.37. The highest BCUT2D eigenvalue weighted by Gasteiger charge is 2.21. The van der Waals surface area contributed by atoms with Gasteiger partial charge in [-0.2, -0.15) is 10.4 Å². The standard InChI is InChI=1S/C26H18ClN7O2/c1-34-11-9-20(33-34)24-23(18-12-17-8-5-10-29-22(17)19(27)13-18)30-21(14-28)25(31-24)32-26(35)36-15-16-6-3-2-4-7-16/h2-13H,15H2,1H3,(H,31,32,35). The highest BCUT2D eigenvalue weighted by molar-refractivity contribution is 6.35. The van der Waals surface area contributed by atoms with E-state index in [9.17, 15) is 10.1 Å². The van der Waals surface area contributed by atoms with Gasteiger partial charge >= 0.3 is 6.09 Å². The van der Waals surface area contributed by atoms with E-state index in [0.717, 1.165) is 10.9 Å². The van der Waals surface area contributed by atoms with Crippen LogP contribution < -0.4 is 5.32 Å². The molecule has 5 rings (SSSR count). The third kappa shape index (κ3) is 4.71. The molecule has 3 aromatic heterocycles. The molecular weight excluding hydrogens is 478 g/mol. The number of fused-ring (bicyclic) bond motifs is 1. The van der Waals surface area contributed by atoms with Crippen LogP contribution in [-0.4, -0.2) is 30.8 Å². The van der Waals surface area contributed by atoms with E-state index in [1.54, 1.807) is 36.3 Å². The van der Waals surface area contributed by atoms with Gasteiger partial charge in [0.25, 0.3) is 0 Å². The van der Waals surface area contributed by atoms with Gasteiger partial charge in [0.2, 0.25) is 0 Å². The molecule has 0 saturated carbocycles. The van der Waals surface area contributed by atoms with E-state index >= 15 is 0 Å². The van der Waals surface area contributed by atoms with Crippen LogP contribution in [0.15, 0.2) is 73.1 Å². The van der Waals surface area contributed by atoms with Crippen molar-refractivity contribution in [3.8, 4) is 28.7 Å². The van der Waals surface area contributed by atoms with Crippen molar-refractivity contribution in [2.75, 3.05) is 5.32 Å². The summed E-state index contributed by atoms with van der Waals surface area (Å²) in [6.45, 7) is 0.0663. The number of nitrogens with zero attached hydrogens (tertiary/aromatic N) is 6. The fourth-order valence-electron chi connectivity index (χ4n) is 3.66. The predicted molar refractivity (Wildman–Crippen MR) is 135 cm³/mol. The molecule has 0 spiro atoms. The minimum absolute atomic E-state index is 0.0338. The number of ether oxygens (including phenoxy) is 1. The van der Waals surface area contributed by atoms with Crippen molar-refractivity contribution in [1.29, 1.82) is 5.26 Å². The van der Waals surface area contributed by atoms with Gasteiger partial charge < -0.3 is 4.74 Å². The number of anilines is 1. The maximum absolute atomic E-state index is 12.5. The van der Waals surface area contributed by atoms with Crippen molar-refractivity contribution in [2.24, 2.45) is 7.05 Å². The third-order valence-corrected chi connectivity index (χ3v) is 5.61. The average Bonchev–Trinajstić information content (AvgIpc) is 3.34. The Morgan fingerprint density at radius 1 is 1.11 bits per heavy atom. The zero-order valence-corrected chi connectivity index (χ0v) is 19.8. The van der Waals surface area contributed by atoms with Gasteiger partial charge in [-0.3, -0.25) is 15.0 Å². The van der Waals surface area contributed by atoms with E-state index in [-0.39, 0.29) is 18.1 Å². The highest BCUT2D eigenvalue weighted by Crippen LogP contribution is 2.34. The Balaban J connectivity index is 1.56. The number of halogens is 1. The molecule has 0 fully saturated rings. The number of rotatable bonds is 5. The first-order valence-electron chi connectivity index (χ1n) is 10.9. The lowest BCUT2D eigenvalue weighted by Crippen LogP contribution is -2.17. The number of carbonyl (C=O) groups excluding carboxylic acids is 1. The molecule has 10 heteroatoms. The van der Waals surface area contributed by atoms with Crippen molar-refractivity contribution < 1.29 is 9.53 Å². The Hall–Kier alpha value is -4.81. The van der Waals surface area contributed by atoms with Crippen molar-refractivity contribution in [3.05, 3.63) is 89.3 Å². The topological polar surface area (TPSA) is 119 Å². The summed E-state index contributed by atoms with van der Waals surface area (Å²) in [5, 5.41) is 18.0. The lowest BCUT2D eigenvalue weighted by atomic mass is 10.0. The molecule has 0 radical (unpaired) electrons. The third-order valence-electron chi connectivity index (χ3n) is 5.32. The second-order valence-electron chi connectivity index (χ2n) is 7.82. The number of aromatic nitrogens is 5. The molecule has 2 aromatic carbocycles. The molecule has 0 aliphatic heterocycles. The molecule has 3 heterocycles. The first-order valence-corrected chi connectivity index (χ1v) is 11.2. The summed E-state index contributed by atoms with van der Waals surface area (Å²) in [5.74, 6) is -0.0338. The highest BCUT2D eigenvalue weighted by atomic mass is 35.5. The Morgan fingerprint density at radius 2 is 1.94 bits per heavy atom. The van der Waals surface area contributed by atoms with E-state index in [1.807, 2.05) is 54.6 Å². The number of aryl methyl sites for hydroxylation is 1. The van der Waals surface area contributed by atoms with Gasteiger partial charge in [0.15, 0.2) is 11.5 Å². The molecule has 0 saturated heterocycles. The molecule has 9 nitrogen and oxygen atoms in total. The lowest BCUT2D eigenvalue weighted by molar-refractivity contribution is 0.155. The Labute approximate surface area is 211 Å². The number of hydrogen-bond acceptors (Lipinski definition) is 7. The minimum atomic E-state index is -0.760. The Kier molecular flexibility index (Phi) is 6.26. The summed E-state index contributed by atoms with van der Waals surface area (Å²) in [4.78, 5) is 25.9. The molecular formula is C26H18ClN7O2. The number of nitrogens with one attached hydrogen (secondary N) is 1. The van der Waals surface area contributed by atoms with Crippen molar-refractivity contribution in [3.63, 3.8) is 0 Å². The smallest absolute Gasteiger partial charge is 0.413 e. The number of nitriles is 1. The normalized spacial score (nSPS) is 10.7. The van der Waals surface area contributed by atoms with Crippen molar-refractivity contribution in [1.82, 2.24) is 24.7 Å². The SMILES string of the molecule is Cn1ccc(-c2nc(NC(=O)OCc3ccccc3)c(C#N)nc2-c2cc(Cl)c3ncccc3c2)n1. The molecule has 0 unspecified atom stereocenters. The number of pyridine rings is 1. The van der Waals surface area contributed by atoms with Gasteiger partial charge in [-0.25, -0.2) is 14.8 Å². The van der Waals surface area contributed by atoms with Gasteiger partial charge in [0.05, 0.1) is 10.5 Å². The summed E-state index contributed by atoms with van der Waals surface area (Å²) in [6, 6.07) is 20.3. The lowest BCUT2D eigenvalue weighted by Gasteiger charge is -2.13. The summed E-state index contributed by atoms with van der Waals surface area (Å²) < 4.78 is 6.91. The van der Waals surface area contributed by atoms with E-state index in [4.69, 9.17) is 16.3 Å². The van der Waals surface area contributed by atoms with Crippen LogP contribution in [0.1, 0.15) is 11.3 Å². The van der Waals surface area contributed by atoms with Crippen LogP contribution in [0, 0.1) is 11.3 Å². The summed E-state index contributed by atoms with van der Waals surface area (Å²) in [7, 11) is 1.78. The molecule has 1 amide bonds. The van der Waals surface area contributed by atoms with Crippen LogP contribution in [0.5, 0.6) is 0 Å². The van der Waals surface area contributed by atoms with Crippen molar-refractivity contribution in [2.45, 2.75) is 6.61 Å². The zero-order valence-electron chi connectivity index (χ0n) is 19.0. The molecule has 0 bridgehead atoms. The first-order chi connectivity index (χ1) is 17.5. The van der Waals surface area contributed by atoms with Crippen LogP contribution in [0.2, 0.25) is 5.02 Å². The molecule has 5 aromatic rings. The van der Waals surface area contributed by atoms with Crippen molar-refractivity contribution >= 4 is 34.4 Å². The van der Waals surface area contributed by atoms with Gasteiger partial charge in [-0.15, -0.1) is 0 Å². The van der Waals surface area contributed by atoms with E-state index in [1.165, 1.54) is 0 Å². The van der Waals surface area contributed by atoms with E-state index in [2.05, 4.69) is 25.4 Å². The fourth-order valence-corrected chi connectivity index (χ4v) is 3.94. The monoisotopic (exact) mass is 495 g/mol. The van der Waals surface area contributed by atoms with Gasteiger partial charge in [0.1, 0.15) is 29.8 Å². The first kappa shape index (κ1) is 23.0. The molecule has 36 heavy (non-hydrogen) atoms. The van der Waals surface area contributed by atoms with E-state index < -0.39 is 6.09 Å². The zero-order chi connectivity index (χ0) is 25.1. The van der Waals surface area contributed by atoms with Crippen LogP contribution in [0.25, 0.3) is 33.5 Å². The maximum Gasteiger partial charge on any atom is 0.413 e. The quantitative estimate of drug-likeness (QED) is 0.348. The molecule has 176 valence electrons. The largest absolute Gasteiger partial charge is 0.444 e. The van der Waals surface area contributed by atoms with Gasteiger partial charge in [-0.1, -0.05) is 48.0 Å². The molecule has 0 aliphatic rings. The van der Waals surface area contributed by atoms with Gasteiger partial charge in [0, 0.05) is 30.4 Å². The van der Waals surface area contributed by atoms with E-state index in [0.29, 0.717) is 33.2 Å². The summed E-state index contributed by atoms with van der Waals surface area (Å²) in [6.07, 6.45) is 2.67. The van der Waals surface area contributed by atoms with Crippen LogP contribution in [0.3, 0.4) is 0 Å². The second kappa shape index (κ2) is 9.82. The molecule has 0 aliphatic carbocycles. The molecule has 0 atom stereocenters. The number of benzene rings is 2. The molecule has 1 N–H and O–H groups in total. The van der Waals surface area contributed by atoms with Crippen LogP contribution in [-0.2, 0) is 18.4 Å². The second-order valence-corrected chi connectivity index (χ2v) is 8.23. The fraction of sp³-hybridized carbons (Fsp3) is 0.0769. The van der Waals surface area contributed by atoms with Crippen LogP contribution >= 0.6 is 11.6 Å². The Morgan fingerprint density at radius 3 is 2.69 bits per heavy atom. The number of hydrogen-bond donors (Lipinski definition) is 1. The average molecular weight is 496 g/mol. The number of amides is 1. The minimum Gasteiger partial charge on any atom is -0.444 e. The van der Waals surface area contributed by atoms with Gasteiger partial charge in [-0.05, 0) is 29.8 Å². The summed E-state index contributed by atoms with van der Waals surface area (Å²) >= 11 is 6.50. The Bertz CT molecular complexity index is 1630. The van der Waals surface area contributed by atoms with Crippen LogP contribution in [0.4, 0.5) is 10.6 Å². The number of carbonyl (C=O) groups is 1. The maximum atomic E-state index is 12.5.